The number of alkyl halides is 3. The van der Waals surface area contributed by atoms with E-state index in [-0.39, 0.29) is 0 Å². The van der Waals surface area contributed by atoms with Gasteiger partial charge in [0.15, 0.2) is 5.82 Å². The molecule has 0 aliphatic heterocycles. The Kier molecular flexibility index (Phi) is 7.74. The zero-order chi connectivity index (χ0) is 23.2. The number of hydrogen-bond donors (Lipinski definition) is 0. The third-order valence-corrected chi connectivity index (χ3v) is 8.37. The Hall–Kier alpha value is -2.64. The lowest BCUT2D eigenvalue weighted by molar-refractivity contribution is -0.140. The summed E-state index contributed by atoms with van der Waals surface area (Å²) >= 11 is 0. The molecule has 0 radical (unpaired) electrons. The standard InChI is InChI=1S/C25H26F4O2Si/c1-19(2)11-10-18-30-32(20-12-5-3-6-13-20,21-14-7-4-8-15-21)31-23-17-9-16-22(24(23)26)25(27,28)29/h3-9,12-17,19H,10-11,18H2,1-2H3. The van der Waals surface area contributed by atoms with E-state index in [1.54, 1.807) is 0 Å². The van der Waals surface area contributed by atoms with Crippen LogP contribution in [0.2, 0.25) is 0 Å². The predicted octanol–water partition coefficient (Wildman–Crippen LogP) is 5.93. The molecule has 170 valence electrons. The van der Waals surface area contributed by atoms with Crippen molar-refractivity contribution in [2.45, 2.75) is 32.9 Å². The van der Waals surface area contributed by atoms with Crippen LogP contribution in [0, 0.1) is 11.7 Å². The maximum absolute atomic E-state index is 14.9. The first-order chi connectivity index (χ1) is 15.2. The van der Waals surface area contributed by atoms with Crippen LogP contribution in [0.25, 0.3) is 0 Å². The fourth-order valence-corrected chi connectivity index (χ4v) is 6.59. The van der Waals surface area contributed by atoms with Crippen LogP contribution in [-0.2, 0) is 10.6 Å². The zero-order valence-corrected chi connectivity index (χ0v) is 19.0. The van der Waals surface area contributed by atoms with Crippen molar-refractivity contribution in [2.24, 2.45) is 5.92 Å². The summed E-state index contributed by atoms with van der Waals surface area (Å²) in [5.41, 5.74) is -1.36. The van der Waals surface area contributed by atoms with Crippen LogP contribution in [0.5, 0.6) is 5.75 Å². The van der Waals surface area contributed by atoms with Gasteiger partial charge in [0.05, 0.1) is 5.56 Å². The van der Waals surface area contributed by atoms with Gasteiger partial charge in [-0.2, -0.15) is 13.2 Å². The summed E-state index contributed by atoms with van der Waals surface area (Å²) in [5.74, 6) is -1.43. The molecule has 3 aromatic carbocycles. The number of hydrogen-bond acceptors (Lipinski definition) is 2. The summed E-state index contributed by atoms with van der Waals surface area (Å²) in [6.07, 6.45) is -3.15. The number of rotatable bonds is 9. The molecule has 3 aromatic rings. The van der Waals surface area contributed by atoms with Gasteiger partial charge in [-0.25, -0.2) is 4.39 Å². The van der Waals surface area contributed by atoms with Crippen LogP contribution in [0.4, 0.5) is 17.6 Å². The van der Waals surface area contributed by atoms with E-state index in [1.807, 2.05) is 60.7 Å². The van der Waals surface area contributed by atoms with Gasteiger partial charge >= 0.3 is 14.7 Å². The number of benzene rings is 3. The monoisotopic (exact) mass is 462 g/mol. The minimum absolute atomic E-state index is 0.342. The second kappa shape index (κ2) is 10.3. The Morgan fingerprint density at radius 1 is 0.812 bits per heavy atom. The summed E-state index contributed by atoms with van der Waals surface area (Å²) in [6, 6.07) is 21.2. The van der Waals surface area contributed by atoms with Gasteiger partial charge in [0.1, 0.15) is 5.75 Å². The van der Waals surface area contributed by atoms with Gasteiger partial charge in [-0.3, -0.25) is 0 Å². The molecule has 3 rings (SSSR count). The summed E-state index contributed by atoms with van der Waals surface area (Å²) in [4.78, 5) is 0. The van der Waals surface area contributed by atoms with Crippen molar-refractivity contribution in [3.63, 3.8) is 0 Å². The second-order valence-corrected chi connectivity index (χ2v) is 10.8. The van der Waals surface area contributed by atoms with E-state index in [4.69, 9.17) is 8.85 Å². The molecule has 0 saturated heterocycles. The highest BCUT2D eigenvalue weighted by Crippen LogP contribution is 2.35. The van der Waals surface area contributed by atoms with Crippen molar-refractivity contribution in [1.29, 1.82) is 0 Å². The van der Waals surface area contributed by atoms with Crippen molar-refractivity contribution < 1.29 is 26.4 Å². The number of halogens is 4. The highest BCUT2D eigenvalue weighted by molar-refractivity contribution is 6.93. The van der Waals surface area contributed by atoms with Gasteiger partial charge in [-0.15, -0.1) is 0 Å². The fraction of sp³-hybridized carbons (Fsp3) is 0.280. The molecule has 0 saturated carbocycles. The van der Waals surface area contributed by atoms with Crippen molar-refractivity contribution in [1.82, 2.24) is 0 Å². The quantitative estimate of drug-likeness (QED) is 0.223. The maximum atomic E-state index is 14.9. The van der Waals surface area contributed by atoms with E-state index in [0.717, 1.165) is 18.9 Å². The molecule has 0 amide bonds. The van der Waals surface area contributed by atoms with Crippen LogP contribution in [-0.4, -0.2) is 15.2 Å². The lowest BCUT2D eigenvalue weighted by Gasteiger charge is -2.32. The highest BCUT2D eigenvalue weighted by atomic mass is 28.4. The molecule has 0 bridgehead atoms. The van der Waals surface area contributed by atoms with Crippen molar-refractivity contribution in [2.75, 3.05) is 6.61 Å². The molecule has 0 unspecified atom stereocenters. The molecule has 0 aliphatic rings. The van der Waals surface area contributed by atoms with Crippen LogP contribution in [0.1, 0.15) is 32.3 Å². The Balaban J connectivity index is 2.11. The predicted molar refractivity (Wildman–Crippen MR) is 120 cm³/mol. The SMILES string of the molecule is CC(C)CCCO[Si](Oc1cccc(C(F)(F)F)c1F)(c1ccccc1)c1ccccc1. The van der Waals surface area contributed by atoms with E-state index in [2.05, 4.69) is 13.8 Å². The maximum Gasteiger partial charge on any atom is 0.468 e. The third-order valence-electron chi connectivity index (χ3n) is 5.06. The van der Waals surface area contributed by atoms with Gasteiger partial charge < -0.3 is 8.85 Å². The van der Waals surface area contributed by atoms with Gasteiger partial charge in [0.25, 0.3) is 0 Å². The molecule has 2 nitrogen and oxygen atoms in total. The lowest BCUT2D eigenvalue weighted by Crippen LogP contribution is -2.66. The van der Waals surface area contributed by atoms with Gasteiger partial charge in [-0.1, -0.05) is 80.6 Å². The molecule has 0 aliphatic carbocycles. The van der Waals surface area contributed by atoms with Crippen molar-refractivity contribution >= 4 is 18.9 Å². The molecule has 0 aromatic heterocycles. The molecular formula is C25H26F4O2Si. The van der Waals surface area contributed by atoms with Gasteiger partial charge in [0.2, 0.25) is 0 Å². The highest BCUT2D eigenvalue weighted by Gasteiger charge is 2.46. The minimum Gasteiger partial charge on any atom is -0.511 e. The molecule has 0 atom stereocenters. The van der Waals surface area contributed by atoms with Gasteiger partial charge in [-0.05, 0) is 30.9 Å². The van der Waals surface area contributed by atoms with E-state index in [1.165, 1.54) is 6.07 Å². The zero-order valence-electron chi connectivity index (χ0n) is 18.0. The first-order valence-corrected chi connectivity index (χ1v) is 12.4. The average molecular weight is 463 g/mol. The van der Waals surface area contributed by atoms with Crippen LogP contribution in [0.15, 0.2) is 78.9 Å². The summed E-state index contributed by atoms with van der Waals surface area (Å²) in [5, 5.41) is 1.38. The normalized spacial score (nSPS) is 12.2. The smallest absolute Gasteiger partial charge is 0.468 e. The van der Waals surface area contributed by atoms with Crippen LogP contribution >= 0.6 is 0 Å². The first-order valence-electron chi connectivity index (χ1n) is 10.5. The molecule has 0 fully saturated rings. The van der Waals surface area contributed by atoms with E-state index >= 15 is 0 Å². The molecule has 0 heterocycles. The van der Waals surface area contributed by atoms with E-state index in [9.17, 15) is 17.6 Å². The summed E-state index contributed by atoms with van der Waals surface area (Å²) < 4.78 is 67.5. The summed E-state index contributed by atoms with van der Waals surface area (Å²) in [7, 11) is -3.58. The Bertz CT molecular complexity index is 952. The largest absolute Gasteiger partial charge is 0.511 e. The molecule has 0 spiro atoms. The summed E-state index contributed by atoms with van der Waals surface area (Å²) in [6.45, 7) is 4.55. The second-order valence-electron chi connectivity index (χ2n) is 7.95. The Labute approximate surface area is 187 Å². The fourth-order valence-electron chi connectivity index (χ4n) is 3.47. The van der Waals surface area contributed by atoms with Gasteiger partial charge in [0, 0.05) is 17.0 Å². The average Bonchev–Trinajstić information content (AvgIpc) is 2.77. The van der Waals surface area contributed by atoms with Crippen LogP contribution in [0.3, 0.4) is 0 Å². The molecular weight excluding hydrogens is 436 g/mol. The van der Waals surface area contributed by atoms with Crippen LogP contribution < -0.4 is 14.8 Å². The van der Waals surface area contributed by atoms with Crippen molar-refractivity contribution in [3.8, 4) is 5.75 Å². The molecule has 7 heteroatoms. The van der Waals surface area contributed by atoms with Crippen molar-refractivity contribution in [3.05, 3.63) is 90.2 Å². The Morgan fingerprint density at radius 3 is 1.88 bits per heavy atom. The first kappa shape index (κ1) is 24.0. The lowest BCUT2D eigenvalue weighted by atomic mass is 10.1. The van der Waals surface area contributed by atoms with E-state index in [0.29, 0.717) is 29.0 Å². The third kappa shape index (κ3) is 5.58. The molecule has 0 N–H and O–H groups in total. The Morgan fingerprint density at radius 2 is 1.38 bits per heavy atom. The topological polar surface area (TPSA) is 18.5 Å². The molecule has 32 heavy (non-hydrogen) atoms. The minimum atomic E-state index is -4.83. The van der Waals surface area contributed by atoms with E-state index < -0.39 is 31.9 Å².